The number of hydrogen-bond donors (Lipinski definition) is 3. The Morgan fingerprint density at radius 2 is 1.86 bits per heavy atom. The molecule has 1 unspecified atom stereocenters. The third-order valence-electron chi connectivity index (χ3n) is 3.71. The molecule has 1 saturated carbocycles. The van der Waals surface area contributed by atoms with Crippen LogP contribution in [0, 0.1) is 11.3 Å². The van der Waals surface area contributed by atoms with Gasteiger partial charge in [-0.05, 0) is 44.0 Å². The minimum atomic E-state index is -0.598. The van der Waals surface area contributed by atoms with Gasteiger partial charge in [-0.15, -0.1) is 0 Å². The molecule has 1 aromatic carbocycles. The molecule has 0 saturated heterocycles. The molecule has 0 heterocycles. The number of nitrogens with one attached hydrogen (secondary N) is 3. The van der Waals surface area contributed by atoms with Crippen molar-refractivity contribution in [1.82, 2.24) is 10.6 Å². The van der Waals surface area contributed by atoms with Crippen LogP contribution in [0.1, 0.15) is 38.2 Å². The average Bonchev–Trinajstić information content (AvgIpc) is 3.00. The first-order valence-corrected chi connectivity index (χ1v) is 7.46. The first kappa shape index (κ1) is 15.8. The lowest BCUT2D eigenvalue weighted by atomic mass is 10.2. The maximum Gasteiger partial charge on any atom is 0.319 e. The van der Waals surface area contributed by atoms with Crippen molar-refractivity contribution in [3.8, 4) is 6.07 Å². The van der Waals surface area contributed by atoms with Gasteiger partial charge in [-0.1, -0.05) is 12.8 Å². The molecule has 1 aliphatic rings. The summed E-state index contributed by atoms with van der Waals surface area (Å²) in [6.07, 6.45) is 4.31. The maximum atomic E-state index is 12.0. The van der Waals surface area contributed by atoms with Crippen LogP contribution in [0.3, 0.4) is 0 Å². The van der Waals surface area contributed by atoms with Crippen molar-refractivity contribution in [2.75, 3.05) is 5.32 Å². The fourth-order valence-electron chi connectivity index (χ4n) is 2.45. The van der Waals surface area contributed by atoms with Gasteiger partial charge in [0.1, 0.15) is 6.04 Å². The highest BCUT2D eigenvalue weighted by atomic mass is 16.2. The number of anilines is 1. The van der Waals surface area contributed by atoms with E-state index in [4.69, 9.17) is 5.26 Å². The molecule has 1 aliphatic carbocycles. The van der Waals surface area contributed by atoms with Crippen molar-refractivity contribution in [3.05, 3.63) is 29.8 Å². The Morgan fingerprint density at radius 3 is 2.45 bits per heavy atom. The van der Waals surface area contributed by atoms with Gasteiger partial charge in [0.25, 0.3) is 0 Å². The van der Waals surface area contributed by atoms with Crippen molar-refractivity contribution in [2.45, 2.75) is 44.7 Å². The molecule has 3 amide bonds. The zero-order chi connectivity index (χ0) is 15.9. The van der Waals surface area contributed by atoms with Gasteiger partial charge < -0.3 is 16.0 Å². The van der Waals surface area contributed by atoms with Gasteiger partial charge in [0, 0.05) is 11.7 Å². The summed E-state index contributed by atoms with van der Waals surface area (Å²) >= 11 is 0. The minimum absolute atomic E-state index is 0.165. The number of nitriles is 1. The number of benzene rings is 1. The summed E-state index contributed by atoms with van der Waals surface area (Å²) in [7, 11) is 0. The van der Waals surface area contributed by atoms with E-state index >= 15 is 0 Å². The Bertz CT molecular complexity index is 571. The zero-order valence-electron chi connectivity index (χ0n) is 12.6. The predicted molar refractivity (Wildman–Crippen MR) is 83.2 cm³/mol. The topological polar surface area (TPSA) is 94.0 Å². The van der Waals surface area contributed by atoms with Crippen LogP contribution in [-0.2, 0) is 4.79 Å². The standard InChI is InChI=1S/C16H20N4O2/c1-11(15(21)19-13-4-2-3-5-13)18-16(22)20-14-8-6-12(10-17)7-9-14/h6-9,11,13H,2-5H2,1H3,(H,19,21)(H2,18,20,22). The summed E-state index contributed by atoms with van der Waals surface area (Å²) < 4.78 is 0. The van der Waals surface area contributed by atoms with Crippen molar-refractivity contribution in [3.63, 3.8) is 0 Å². The molecule has 1 aromatic rings. The summed E-state index contributed by atoms with van der Waals surface area (Å²) in [5.41, 5.74) is 1.09. The number of carbonyl (C=O) groups excluding carboxylic acids is 2. The van der Waals surface area contributed by atoms with Crippen LogP contribution in [-0.4, -0.2) is 24.0 Å². The third-order valence-corrected chi connectivity index (χ3v) is 3.71. The van der Waals surface area contributed by atoms with Crippen LogP contribution in [0.4, 0.5) is 10.5 Å². The molecule has 1 atom stereocenters. The van der Waals surface area contributed by atoms with Crippen molar-refractivity contribution in [1.29, 1.82) is 5.26 Å². The molecule has 116 valence electrons. The maximum absolute atomic E-state index is 12.0. The molecule has 22 heavy (non-hydrogen) atoms. The third kappa shape index (κ3) is 4.48. The minimum Gasteiger partial charge on any atom is -0.352 e. The van der Waals surface area contributed by atoms with E-state index in [9.17, 15) is 9.59 Å². The van der Waals surface area contributed by atoms with Crippen LogP contribution in [0.5, 0.6) is 0 Å². The van der Waals surface area contributed by atoms with Crippen molar-refractivity contribution < 1.29 is 9.59 Å². The summed E-state index contributed by atoms with van der Waals surface area (Å²) in [4.78, 5) is 23.8. The lowest BCUT2D eigenvalue weighted by Crippen LogP contribution is -2.48. The largest absolute Gasteiger partial charge is 0.352 e. The van der Waals surface area contributed by atoms with E-state index in [1.54, 1.807) is 31.2 Å². The molecule has 0 aromatic heterocycles. The van der Waals surface area contributed by atoms with E-state index in [0.29, 0.717) is 11.3 Å². The number of nitrogens with zero attached hydrogens (tertiary/aromatic N) is 1. The normalized spacial score (nSPS) is 15.6. The van der Waals surface area contributed by atoms with E-state index in [-0.39, 0.29) is 11.9 Å². The van der Waals surface area contributed by atoms with Crippen LogP contribution >= 0.6 is 0 Å². The number of carbonyl (C=O) groups is 2. The zero-order valence-corrected chi connectivity index (χ0v) is 12.6. The molecule has 0 spiro atoms. The summed E-state index contributed by atoms with van der Waals surface area (Å²) in [6.45, 7) is 1.66. The molecule has 2 rings (SSSR count). The second-order valence-electron chi connectivity index (χ2n) is 5.50. The number of hydrogen-bond acceptors (Lipinski definition) is 3. The molecule has 6 heteroatoms. The Kier molecular flexibility index (Phi) is 5.37. The first-order valence-electron chi connectivity index (χ1n) is 7.46. The molecule has 0 bridgehead atoms. The quantitative estimate of drug-likeness (QED) is 0.795. The van der Waals surface area contributed by atoms with Gasteiger partial charge in [0.2, 0.25) is 5.91 Å². The van der Waals surface area contributed by atoms with Crippen molar-refractivity contribution >= 4 is 17.6 Å². The molecule has 1 fully saturated rings. The summed E-state index contributed by atoms with van der Waals surface area (Å²) in [5.74, 6) is -0.165. The van der Waals surface area contributed by atoms with Gasteiger partial charge in [-0.3, -0.25) is 4.79 Å². The highest BCUT2D eigenvalue weighted by molar-refractivity contribution is 5.93. The predicted octanol–water partition coefficient (Wildman–Crippen LogP) is 2.13. The fraction of sp³-hybridized carbons (Fsp3) is 0.438. The fourth-order valence-corrected chi connectivity index (χ4v) is 2.45. The van der Waals surface area contributed by atoms with Gasteiger partial charge in [-0.25, -0.2) is 4.79 Å². The Morgan fingerprint density at radius 1 is 1.23 bits per heavy atom. The van der Waals surface area contributed by atoms with Gasteiger partial charge in [0.15, 0.2) is 0 Å². The van der Waals surface area contributed by atoms with E-state index in [1.807, 2.05) is 6.07 Å². The molecule has 0 aliphatic heterocycles. The van der Waals surface area contributed by atoms with Gasteiger partial charge >= 0.3 is 6.03 Å². The Balaban J connectivity index is 1.79. The molecule has 3 N–H and O–H groups in total. The Hall–Kier alpha value is -2.55. The van der Waals surface area contributed by atoms with E-state index < -0.39 is 12.1 Å². The molecular weight excluding hydrogens is 280 g/mol. The molecule has 6 nitrogen and oxygen atoms in total. The molecule has 0 radical (unpaired) electrons. The van der Waals surface area contributed by atoms with Gasteiger partial charge in [0.05, 0.1) is 11.6 Å². The second-order valence-corrected chi connectivity index (χ2v) is 5.50. The summed E-state index contributed by atoms with van der Waals surface area (Å²) in [5, 5.41) is 16.9. The lowest BCUT2D eigenvalue weighted by Gasteiger charge is -2.18. The highest BCUT2D eigenvalue weighted by Gasteiger charge is 2.21. The van der Waals surface area contributed by atoms with Crippen LogP contribution in [0.25, 0.3) is 0 Å². The smallest absolute Gasteiger partial charge is 0.319 e. The van der Waals surface area contributed by atoms with Crippen LogP contribution in [0.15, 0.2) is 24.3 Å². The van der Waals surface area contributed by atoms with E-state index in [2.05, 4.69) is 16.0 Å². The summed E-state index contributed by atoms with van der Waals surface area (Å²) in [6, 6.07) is 7.71. The number of amides is 3. The van der Waals surface area contributed by atoms with Crippen LogP contribution < -0.4 is 16.0 Å². The number of urea groups is 1. The van der Waals surface area contributed by atoms with E-state index in [0.717, 1.165) is 25.7 Å². The Labute approximate surface area is 129 Å². The van der Waals surface area contributed by atoms with Gasteiger partial charge in [-0.2, -0.15) is 5.26 Å². The van der Waals surface area contributed by atoms with Crippen molar-refractivity contribution in [2.24, 2.45) is 0 Å². The SMILES string of the molecule is CC(NC(=O)Nc1ccc(C#N)cc1)C(=O)NC1CCCC1. The average molecular weight is 300 g/mol. The van der Waals surface area contributed by atoms with Crippen LogP contribution in [0.2, 0.25) is 0 Å². The number of rotatable bonds is 4. The second kappa shape index (κ2) is 7.46. The molecular formula is C16H20N4O2. The highest BCUT2D eigenvalue weighted by Crippen LogP contribution is 2.17. The first-order chi connectivity index (χ1) is 10.6. The monoisotopic (exact) mass is 300 g/mol. The van der Waals surface area contributed by atoms with E-state index in [1.165, 1.54) is 0 Å². The lowest BCUT2D eigenvalue weighted by molar-refractivity contribution is -0.123.